The number of benzene rings is 2. The van der Waals surface area contributed by atoms with Crippen molar-refractivity contribution in [2.75, 3.05) is 14.2 Å². The van der Waals surface area contributed by atoms with Crippen LogP contribution in [0.15, 0.2) is 48.8 Å². The van der Waals surface area contributed by atoms with E-state index in [4.69, 9.17) is 28.9 Å². The lowest BCUT2D eigenvalue weighted by molar-refractivity contribution is -0.140. The van der Waals surface area contributed by atoms with Gasteiger partial charge < -0.3 is 49.3 Å². The predicted octanol–water partition coefficient (Wildman–Crippen LogP) is 6.53. The summed E-state index contributed by atoms with van der Waals surface area (Å²) in [6.07, 6.45) is 8.48. The van der Waals surface area contributed by atoms with E-state index in [2.05, 4.69) is 62.8 Å². The van der Waals surface area contributed by atoms with Gasteiger partial charge in [0.2, 0.25) is 11.8 Å². The van der Waals surface area contributed by atoms with E-state index in [1.165, 1.54) is 14.2 Å². The summed E-state index contributed by atoms with van der Waals surface area (Å²) in [6, 6.07) is 10.7. The first-order valence-electron chi connectivity index (χ1n) is 23.6. The van der Waals surface area contributed by atoms with E-state index < -0.39 is 24.3 Å². The number of nitrogens with zero attached hydrogens (tertiary/aromatic N) is 4. The molecule has 4 aromatic rings. The van der Waals surface area contributed by atoms with Crippen molar-refractivity contribution in [2.24, 2.45) is 23.7 Å². The number of aromatic amines is 2. The van der Waals surface area contributed by atoms with E-state index in [9.17, 15) is 19.2 Å². The van der Waals surface area contributed by atoms with Crippen molar-refractivity contribution in [3.63, 3.8) is 0 Å². The molecule has 0 spiro atoms. The van der Waals surface area contributed by atoms with Gasteiger partial charge in [-0.2, -0.15) is 0 Å². The summed E-state index contributed by atoms with van der Waals surface area (Å²) in [5, 5.41) is 7.85. The van der Waals surface area contributed by atoms with Crippen LogP contribution in [0.2, 0.25) is 0 Å². The highest BCUT2D eigenvalue weighted by atomic mass is 16.5. The van der Waals surface area contributed by atoms with Crippen LogP contribution in [0.3, 0.4) is 0 Å². The molecular formula is C50H60N8O8. The molecule has 4 saturated heterocycles. The van der Waals surface area contributed by atoms with Crippen molar-refractivity contribution in [3.05, 3.63) is 71.7 Å². The third kappa shape index (κ3) is 8.75. The SMILES string of the molecule is COC(=O)N[C@H](C(=O)N1[C@@H]2C[C@@H]2C[C@H]1c1ncc(C#Cc2ccc3cc(-c4cnc([C@@H]5C[C@H]6C[C@H]6N5C(=O)[C@@H](NC(=O)OC)C5C[C@H](C)O[C@@H](C)C5)[nH]4)ccc3c2)[nH]1)C1C[C@H](C)O[C@@H](C)C1. The normalized spacial score (nSPS) is 31.7. The van der Waals surface area contributed by atoms with Crippen LogP contribution >= 0.6 is 0 Å². The lowest BCUT2D eigenvalue weighted by atomic mass is 9.85. The molecule has 2 aliphatic carbocycles. The van der Waals surface area contributed by atoms with Gasteiger partial charge in [-0.15, -0.1) is 0 Å². The van der Waals surface area contributed by atoms with E-state index in [1.54, 1.807) is 6.20 Å². The van der Waals surface area contributed by atoms with Gasteiger partial charge in [0.15, 0.2) is 0 Å². The number of ether oxygens (including phenoxy) is 4. The minimum Gasteiger partial charge on any atom is -0.453 e. The Morgan fingerprint density at radius 2 is 1.15 bits per heavy atom. The number of hydrogen-bond donors (Lipinski definition) is 4. The molecule has 66 heavy (non-hydrogen) atoms. The summed E-state index contributed by atoms with van der Waals surface area (Å²) < 4.78 is 21.8. The summed E-state index contributed by atoms with van der Waals surface area (Å²) in [7, 11) is 2.64. The number of piperidine rings is 2. The monoisotopic (exact) mass is 900 g/mol. The molecule has 0 unspecified atom stereocenters. The maximum atomic E-state index is 14.5. The molecule has 12 atom stereocenters. The highest BCUT2D eigenvalue weighted by molar-refractivity contribution is 5.89. The Bertz CT molecular complexity index is 2560. The predicted molar refractivity (Wildman–Crippen MR) is 242 cm³/mol. The standard InChI is InChI=1S/C50H60N8O8/c1-25-13-35(14-26(2)65-25)43(55-49(61)63-5)47(59)57-39-19-33(39)21-41(57)45-51-23-37(53-45)12-8-29-7-9-31-18-32(11-10-30(31)17-29)38-24-52-46(54-38)42-22-34-20-40(34)58(42)48(60)44(56-50(62)64-6)36-15-27(3)66-28(4)16-36/h7,9-11,17-18,23-28,33-36,39-44H,13-16,19-22H2,1-6H3,(H,51,53)(H,52,54)(H,55,61)(H,56,62)/t25-,26-,27-,28-,33+,34+,39+,40+,41-,42-,43-,44-/m0/s1. The number of carbonyl (C=O) groups excluding carboxylic acids is 4. The minimum atomic E-state index is -0.720. The average Bonchev–Trinajstić information content (AvgIpc) is 3.89. The number of amides is 4. The zero-order valence-electron chi connectivity index (χ0n) is 38.4. The van der Waals surface area contributed by atoms with E-state index in [0.717, 1.165) is 59.1 Å². The largest absolute Gasteiger partial charge is 0.453 e. The molecular weight excluding hydrogens is 841 g/mol. The number of hydrogen-bond acceptors (Lipinski definition) is 10. The topological polar surface area (TPSA) is 193 Å². The summed E-state index contributed by atoms with van der Waals surface area (Å²) in [5.41, 5.74) is 3.34. The maximum absolute atomic E-state index is 14.5. The first-order valence-corrected chi connectivity index (χ1v) is 23.6. The van der Waals surface area contributed by atoms with Gasteiger partial charge in [0.05, 0.1) is 68.8 Å². The molecule has 4 amide bonds. The third-order valence-electron chi connectivity index (χ3n) is 14.9. The second kappa shape index (κ2) is 17.7. The molecule has 348 valence electrons. The number of fused-ring (bicyclic) bond motifs is 3. The second-order valence-electron chi connectivity index (χ2n) is 19.7. The van der Waals surface area contributed by atoms with Gasteiger partial charge in [0.1, 0.15) is 29.4 Å². The quantitative estimate of drug-likeness (QED) is 0.134. The maximum Gasteiger partial charge on any atom is 0.407 e. The molecule has 4 aliphatic heterocycles. The van der Waals surface area contributed by atoms with E-state index in [1.807, 2.05) is 49.8 Å². The average molecular weight is 901 g/mol. The Morgan fingerprint density at radius 3 is 1.70 bits per heavy atom. The summed E-state index contributed by atoms with van der Waals surface area (Å²) in [5.74, 6) is 8.46. The Labute approximate surface area is 384 Å². The number of rotatable bonds is 9. The first-order chi connectivity index (χ1) is 31.8. The zero-order chi connectivity index (χ0) is 46.0. The lowest BCUT2D eigenvalue weighted by Gasteiger charge is -2.38. The van der Waals surface area contributed by atoms with Crippen molar-refractivity contribution in [1.29, 1.82) is 0 Å². The van der Waals surface area contributed by atoms with Crippen LogP contribution in [0.5, 0.6) is 0 Å². The van der Waals surface area contributed by atoms with Crippen LogP contribution in [-0.2, 0) is 28.5 Å². The number of methoxy groups -OCH3 is 2. The molecule has 6 fully saturated rings. The number of nitrogens with one attached hydrogen (secondary N) is 4. The minimum absolute atomic E-state index is 0.0166. The van der Waals surface area contributed by atoms with Crippen LogP contribution in [0, 0.1) is 35.5 Å². The number of imidazole rings is 2. The molecule has 4 N–H and O–H groups in total. The summed E-state index contributed by atoms with van der Waals surface area (Å²) >= 11 is 0. The Kier molecular flexibility index (Phi) is 11.8. The molecule has 10 rings (SSSR count). The van der Waals surface area contributed by atoms with Gasteiger partial charge in [-0.1, -0.05) is 24.1 Å². The molecule has 0 radical (unpaired) electrons. The van der Waals surface area contributed by atoms with E-state index >= 15 is 0 Å². The molecule has 0 bridgehead atoms. The highest BCUT2D eigenvalue weighted by Gasteiger charge is 2.58. The van der Waals surface area contributed by atoms with Gasteiger partial charge >= 0.3 is 12.2 Å². The van der Waals surface area contributed by atoms with Crippen molar-refractivity contribution < 1.29 is 38.1 Å². The molecule has 2 aromatic carbocycles. The fourth-order valence-electron chi connectivity index (χ4n) is 11.8. The Morgan fingerprint density at radius 1 is 0.652 bits per heavy atom. The second-order valence-corrected chi connectivity index (χ2v) is 19.7. The number of H-pyrrole nitrogens is 2. The molecule has 16 heteroatoms. The van der Waals surface area contributed by atoms with Gasteiger partial charge in [-0.05, 0) is 138 Å². The van der Waals surface area contributed by atoms with Crippen LogP contribution in [0.25, 0.3) is 22.0 Å². The van der Waals surface area contributed by atoms with Crippen LogP contribution in [-0.4, -0.2) is 117 Å². The highest BCUT2D eigenvalue weighted by Crippen LogP contribution is 2.55. The summed E-state index contributed by atoms with van der Waals surface area (Å²) in [4.78, 5) is 74.3. The van der Waals surface area contributed by atoms with E-state index in [0.29, 0.717) is 49.0 Å². The fraction of sp³-hybridized carbons (Fsp3) is 0.560. The molecule has 16 nitrogen and oxygen atoms in total. The first kappa shape index (κ1) is 43.9. The van der Waals surface area contributed by atoms with Gasteiger partial charge in [-0.3, -0.25) is 9.59 Å². The van der Waals surface area contributed by atoms with Crippen LogP contribution < -0.4 is 10.6 Å². The number of aromatic nitrogens is 4. The van der Waals surface area contributed by atoms with Gasteiger partial charge in [-0.25, -0.2) is 19.6 Å². The molecule has 2 aromatic heterocycles. The molecule has 6 heterocycles. The van der Waals surface area contributed by atoms with Gasteiger partial charge in [0.25, 0.3) is 0 Å². The fourth-order valence-corrected chi connectivity index (χ4v) is 11.8. The summed E-state index contributed by atoms with van der Waals surface area (Å²) in [6.45, 7) is 8.04. The number of likely N-dealkylation sites (tertiary alicyclic amines) is 2. The number of alkyl carbamates (subject to hydrolysis) is 2. The van der Waals surface area contributed by atoms with Crippen molar-refractivity contribution in [3.8, 4) is 23.1 Å². The van der Waals surface area contributed by atoms with Crippen molar-refractivity contribution in [2.45, 2.75) is 140 Å². The van der Waals surface area contributed by atoms with Crippen molar-refractivity contribution in [1.82, 2.24) is 40.4 Å². The van der Waals surface area contributed by atoms with Crippen molar-refractivity contribution >= 4 is 34.8 Å². The Balaban J connectivity index is 0.822. The van der Waals surface area contributed by atoms with Crippen LogP contribution in [0.1, 0.15) is 114 Å². The third-order valence-corrected chi connectivity index (χ3v) is 14.9. The lowest BCUT2D eigenvalue weighted by Crippen LogP contribution is -2.55. The Hall–Kier alpha value is -5.92. The molecule has 2 saturated carbocycles. The van der Waals surface area contributed by atoms with E-state index in [-0.39, 0.29) is 72.2 Å². The number of carbonyl (C=O) groups is 4. The smallest absolute Gasteiger partial charge is 0.407 e. The molecule has 6 aliphatic rings. The van der Waals surface area contributed by atoms with Gasteiger partial charge in [0, 0.05) is 23.2 Å². The zero-order valence-corrected chi connectivity index (χ0v) is 38.4. The van der Waals surface area contributed by atoms with Crippen LogP contribution in [0.4, 0.5) is 9.59 Å².